The Morgan fingerprint density at radius 3 is 2.79 bits per heavy atom. The molecular formula is C24H28N4O4S2. The van der Waals surface area contributed by atoms with Crippen molar-refractivity contribution in [2.75, 3.05) is 19.6 Å². The summed E-state index contributed by atoms with van der Waals surface area (Å²) in [6, 6.07) is 9.83. The van der Waals surface area contributed by atoms with E-state index in [-0.39, 0.29) is 23.3 Å². The maximum Gasteiger partial charge on any atom is 0.244 e. The minimum atomic E-state index is -3.74. The fourth-order valence-electron chi connectivity index (χ4n) is 4.77. The first kappa shape index (κ1) is 23.2. The third-order valence-electron chi connectivity index (χ3n) is 6.66. The molecule has 3 aromatic rings. The molecule has 1 aromatic carbocycles. The number of aromatic nitrogens is 2. The number of hydrogen-bond donors (Lipinski definition) is 0. The van der Waals surface area contributed by atoms with Crippen LogP contribution in [-0.2, 0) is 34.2 Å². The summed E-state index contributed by atoms with van der Waals surface area (Å²) in [6.07, 6.45) is 2.83. The van der Waals surface area contributed by atoms with Crippen molar-refractivity contribution in [3.8, 4) is 10.7 Å². The van der Waals surface area contributed by atoms with Crippen LogP contribution in [0.5, 0.6) is 0 Å². The van der Waals surface area contributed by atoms with Gasteiger partial charge in [-0.25, -0.2) is 8.42 Å². The van der Waals surface area contributed by atoms with Crippen molar-refractivity contribution < 1.29 is 17.7 Å². The van der Waals surface area contributed by atoms with Crippen LogP contribution in [0.3, 0.4) is 0 Å². The number of benzene rings is 1. The van der Waals surface area contributed by atoms with Gasteiger partial charge in [-0.05, 0) is 43.4 Å². The van der Waals surface area contributed by atoms with Gasteiger partial charge in [0.05, 0.1) is 15.7 Å². The predicted molar refractivity (Wildman–Crippen MR) is 129 cm³/mol. The van der Waals surface area contributed by atoms with Gasteiger partial charge in [0, 0.05) is 37.5 Å². The van der Waals surface area contributed by atoms with E-state index in [2.05, 4.69) is 22.3 Å². The first-order valence-electron chi connectivity index (χ1n) is 11.7. The molecule has 2 aliphatic rings. The average Bonchev–Trinajstić information content (AvgIpc) is 3.50. The Morgan fingerprint density at radius 1 is 1.24 bits per heavy atom. The molecule has 0 bridgehead atoms. The van der Waals surface area contributed by atoms with Gasteiger partial charge in [-0.2, -0.15) is 9.29 Å². The van der Waals surface area contributed by atoms with Crippen LogP contribution < -0.4 is 0 Å². The second-order valence-corrected chi connectivity index (χ2v) is 12.0. The van der Waals surface area contributed by atoms with Crippen molar-refractivity contribution >= 4 is 27.3 Å². The SMILES string of the molecule is CCc1nc(-c2cc(S(=O)(=O)N3CCCC(C(=O)N4CCc5ccccc5C4)C3)c(C)s2)no1. The van der Waals surface area contributed by atoms with E-state index in [1.54, 1.807) is 13.0 Å². The summed E-state index contributed by atoms with van der Waals surface area (Å²) in [6.45, 7) is 5.61. The van der Waals surface area contributed by atoms with Crippen molar-refractivity contribution in [2.45, 2.75) is 51.0 Å². The summed E-state index contributed by atoms with van der Waals surface area (Å²) in [5.74, 6) is 0.652. The number of sulfonamides is 1. The summed E-state index contributed by atoms with van der Waals surface area (Å²) in [5, 5.41) is 3.98. The number of rotatable bonds is 5. The lowest BCUT2D eigenvalue weighted by atomic mass is 9.95. The Balaban J connectivity index is 1.33. The molecule has 10 heteroatoms. The monoisotopic (exact) mass is 500 g/mol. The number of amides is 1. The number of aryl methyl sites for hydroxylation is 2. The van der Waals surface area contributed by atoms with Gasteiger partial charge in [-0.3, -0.25) is 4.79 Å². The van der Waals surface area contributed by atoms with E-state index in [9.17, 15) is 13.2 Å². The van der Waals surface area contributed by atoms with Gasteiger partial charge < -0.3 is 9.42 Å². The third-order valence-corrected chi connectivity index (χ3v) is 9.82. The fraction of sp³-hybridized carbons (Fsp3) is 0.458. The molecule has 34 heavy (non-hydrogen) atoms. The highest BCUT2D eigenvalue weighted by molar-refractivity contribution is 7.89. The van der Waals surface area contributed by atoms with Crippen LogP contribution in [0.1, 0.15) is 41.7 Å². The normalized spacial score (nSPS) is 19.2. The molecule has 8 nitrogen and oxygen atoms in total. The number of nitrogens with zero attached hydrogens (tertiary/aromatic N) is 4. The van der Waals surface area contributed by atoms with Crippen LogP contribution in [0, 0.1) is 12.8 Å². The maximum atomic E-state index is 13.6. The molecule has 1 unspecified atom stereocenters. The second kappa shape index (κ2) is 9.24. The Morgan fingerprint density at radius 2 is 2.03 bits per heavy atom. The Bertz CT molecular complexity index is 1310. The molecule has 0 radical (unpaired) electrons. The number of carbonyl (C=O) groups is 1. The lowest BCUT2D eigenvalue weighted by molar-refractivity contribution is -0.137. The van der Waals surface area contributed by atoms with Crippen molar-refractivity contribution in [3.63, 3.8) is 0 Å². The molecule has 5 rings (SSSR count). The lowest BCUT2D eigenvalue weighted by Crippen LogP contribution is -2.47. The molecule has 2 aromatic heterocycles. The Kier molecular flexibility index (Phi) is 6.30. The summed E-state index contributed by atoms with van der Waals surface area (Å²) in [5.41, 5.74) is 2.47. The number of carbonyl (C=O) groups excluding carboxylic acids is 1. The van der Waals surface area contributed by atoms with Crippen LogP contribution in [0.15, 0.2) is 39.8 Å². The summed E-state index contributed by atoms with van der Waals surface area (Å²) in [7, 11) is -3.74. The highest BCUT2D eigenvalue weighted by Gasteiger charge is 2.37. The van der Waals surface area contributed by atoms with Gasteiger partial charge in [-0.15, -0.1) is 11.3 Å². The predicted octanol–water partition coefficient (Wildman–Crippen LogP) is 3.65. The minimum absolute atomic E-state index is 0.0519. The minimum Gasteiger partial charge on any atom is -0.339 e. The van der Waals surface area contributed by atoms with E-state index in [1.807, 2.05) is 24.0 Å². The molecule has 4 heterocycles. The van der Waals surface area contributed by atoms with Crippen LogP contribution in [0.2, 0.25) is 0 Å². The topological polar surface area (TPSA) is 96.6 Å². The van der Waals surface area contributed by atoms with Crippen molar-refractivity contribution in [2.24, 2.45) is 5.92 Å². The van der Waals surface area contributed by atoms with Crippen molar-refractivity contribution in [1.82, 2.24) is 19.3 Å². The molecule has 0 aliphatic carbocycles. The second-order valence-electron chi connectivity index (χ2n) is 8.88. The quantitative estimate of drug-likeness (QED) is 0.531. The zero-order chi connectivity index (χ0) is 23.9. The van der Waals surface area contributed by atoms with Gasteiger partial charge in [0.25, 0.3) is 0 Å². The molecule has 0 saturated carbocycles. The first-order valence-corrected chi connectivity index (χ1v) is 13.9. The van der Waals surface area contributed by atoms with E-state index in [0.29, 0.717) is 60.4 Å². The smallest absolute Gasteiger partial charge is 0.244 e. The number of fused-ring (bicyclic) bond motifs is 1. The Labute approximate surface area is 203 Å². The van der Waals surface area contributed by atoms with Gasteiger partial charge in [0.15, 0.2) is 0 Å². The summed E-state index contributed by atoms with van der Waals surface area (Å²) < 4.78 is 33.8. The van der Waals surface area contributed by atoms with E-state index in [1.165, 1.54) is 26.8 Å². The van der Waals surface area contributed by atoms with E-state index < -0.39 is 10.0 Å². The standard InChI is InChI=1S/C24H28N4O4S2/c1-3-22-25-23(26-32-22)20-13-21(16(2)33-20)34(30,31)28-11-6-9-19(15-28)24(29)27-12-10-17-7-4-5-8-18(17)14-27/h4-5,7-8,13,19H,3,6,9-12,14-15H2,1-2H3. The van der Waals surface area contributed by atoms with Crippen LogP contribution >= 0.6 is 11.3 Å². The molecule has 1 atom stereocenters. The van der Waals surface area contributed by atoms with Gasteiger partial charge >= 0.3 is 0 Å². The summed E-state index contributed by atoms with van der Waals surface area (Å²) >= 11 is 1.34. The van der Waals surface area contributed by atoms with Crippen LogP contribution in [0.4, 0.5) is 0 Å². The van der Waals surface area contributed by atoms with Crippen molar-refractivity contribution in [1.29, 1.82) is 0 Å². The zero-order valence-electron chi connectivity index (χ0n) is 19.4. The summed E-state index contributed by atoms with van der Waals surface area (Å²) in [4.78, 5) is 21.2. The molecule has 2 aliphatic heterocycles. The van der Waals surface area contributed by atoms with Gasteiger partial charge in [-0.1, -0.05) is 36.3 Å². The molecular weight excluding hydrogens is 472 g/mol. The van der Waals surface area contributed by atoms with Crippen molar-refractivity contribution in [3.05, 3.63) is 52.2 Å². The highest BCUT2D eigenvalue weighted by Crippen LogP contribution is 2.35. The van der Waals surface area contributed by atoms with E-state index in [4.69, 9.17) is 4.52 Å². The van der Waals surface area contributed by atoms with E-state index in [0.717, 1.165) is 6.42 Å². The lowest BCUT2D eigenvalue weighted by Gasteiger charge is -2.36. The average molecular weight is 501 g/mol. The molecule has 1 amide bonds. The van der Waals surface area contributed by atoms with Crippen LogP contribution in [-0.4, -0.2) is 53.3 Å². The maximum absolute atomic E-state index is 13.6. The number of piperidine rings is 1. The fourth-order valence-corrected chi connectivity index (χ4v) is 7.78. The largest absolute Gasteiger partial charge is 0.339 e. The molecule has 0 N–H and O–H groups in total. The highest BCUT2D eigenvalue weighted by atomic mass is 32.2. The first-order chi connectivity index (χ1) is 16.4. The Hall–Kier alpha value is -2.56. The van der Waals surface area contributed by atoms with Crippen LogP contribution in [0.25, 0.3) is 10.7 Å². The van der Waals surface area contributed by atoms with Gasteiger partial charge in [0.1, 0.15) is 0 Å². The van der Waals surface area contributed by atoms with E-state index >= 15 is 0 Å². The van der Waals surface area contributed by atoms with Gasteiger partial charge in [0.2, 0.25) is 27.6 Å². The number of hydrogen-bond acceptors (Lipinski definition) is 7. The molecule has 180 valence electrons. The number of thiophene rings is 1. The third kappa shape index (κ3) is 4.30. The molecule has 0 spiro atoms. The molecule has 1 saturated heterocycles. The zero-order valence-corrected chi connectivity index (χ0v) is 21.0. The molecule has 1 fully saturated rings.